The summed E-state index contributed by atoms with van der Waals surface area (Å²) in [6.45, 7) is 7.35. The van der Waals surface area contributed by atoms with Crippen molar-refractivity contribution in [2.75, 3.05) is 44.4 Å². The standard InChI is InChI=1S/C13H24N4/c1-11(2)10-17(9-8-16(3)4)13-12(14)6-5-7-15-13/h5-7,11H,8-10,14H2,1-4H3. The molecule has 0 bridgehead atoms. The van der Waals surface area contributed by atoms with Crippen LogP contribution >= 0.6 is 0 Å². The summed E-state index contributed by atoms with van der Waals surface area (Å²) < 4.78 is 0. The highest BCUT2D eigenvalue weighted by atomic mass is 15.2. The lowest BCUT2D eigenvalue weighted by atomic mass is 10.2. The molecule has 0 radical (unpaired) electrons. The molecule has 0 saturated heterocycles. The summed E-state index contributed by atoms with van der Waals surface area (Å²) in [5.41, 5.74) is 6.74. The highest BCUT2D eigenvalue weighted by Gasteiger charge is 2.12. The summed E-state index contributed by atoms with van der Waals surface area (Å²) in [5.74, 6) is 1.50. The molecule has 0 unspecified atom stereocenters. The van der Waals surface area contributed by atoms with E-state index in [1.165, 1.54) is 0 Å². The Morgan fingerprint density at radius 3 is 2.53 bits per heavy atom. The average Bonchev–Trinajstić information content (AvgIpc) is 2.24. The lowest BCUT2D eigenvalue weighted by Crippen LogP contribution is -2.35. The molecule has 1 aromatic heterocycles. The van der Waals surface area contributed by atoms with Crippen molar-refractivity contribution in [1.29, 1.82) is 0 Å². The quantitative estimate of drug-likeness (QED) is 0.816. The average molecular weight is 236 g/mol. The number of hydrogen-bond donors (Lipinski definition) is 1. The number of aromatic nitrogens is 1. The lowest BCUT2D eigenvalue weighted by Gasteiger charge is -2.27. The van der Waals surface area contributed by atoms with Crippen molar-refractivity contribution >= 4 is 11.5 Å². The van der Waals surface area contributed by atoms with Gasteiger partial charge in [0.1, 0.15) is 0 Å². The fraction of sp³-hybridized carbons (Fsp3) is 0.615. The number of nitrogen functional groups attached to an aromatic ring is 1. The molecule has 1 heterocycles. The number of likely N-dealkylation sites (N-methyl/N-ethyl adjacent to an activating group) is 1. The summed E-state index contributed by atoms with van der Waals surface area (Å²) in [6.07, 6.45) is 1.80. The minimum atomic E-state index is 0.596. The molecule has 2 N–H and O–H groups in total. The molecule has 1 rings (SSSR count). The number of nitrogens with two attached hydrogens (primary N) is 1. The van der Waals surface area contributed by atoms with Crippen LogP contribution in [0.2, 0.25) is 0 Å². The van der Waals surface area contributed by atoms with Crippen molar-refractivity contribution in [3.05, 3.63) is 18.3 Å². The second-order valence-corrected chi connectivity index (χ2v) is 5.06. The Hall–Kier alpha value is -1.29. The predicted octanol–water partition coefficient (Wildman–Crippen LogP) is 1.69. The molecule has 1 aromatic rings. The zero-order valence-corrected chi connectivity index (χ0v) is 11.3. The maximum Gasteiger partial charge on any atom is 0.151 e. The van der Waals surface area contributed by atoms with Crippen LogP contribution in [-0.2, 0) is 0 Å². The predicted molar refractivity (Wildman–Crippen MR) is 74.3 cm³/mol. The Morgan fingerprint density at radius 2 is 2.00 bits per heavy atom. The summed E-state index contributed by atoms with van der Waals surface area (Å²) >= 11 is 0. The highest BCUT2D eigenvalue weighted by Crippen LogP contribution is 2.19. The first-order valence-corrected chi connectivity index (χ1v) is 6.11. The molecule has 17 heavy (non-hydrogen) atoms. The minimum Gasteiger partial charge on any atom is -0.396 e. The van der Waals surface area contributed by atoms with Crippen LogP contribution in [0.25, 0.3) is 0 Å². The molecule has 0 fully saturated rings. The smallest absolute Gasteiger partial charge is 0.151 e. The third kappa shape index (κ3) is 4.61. The van der Waals surface area contributed by atoms with E-state index in [4.69, 9.17) is 5.73 Å². The second-order valence-electron chi connectivity index (χ2n) is 5.06. The number of hydrogen-bond acceptors (Lipinski definition) is 4. The van der Waals surface area contributed by atoms with Gasteiger partial charge in [-0.05, 0) is 32.1 Å². The molecule has 0 aliphatic rings. The van der Waals surface area contributed by atoms with Crippen LogP contribution in [0.5, 0.6) is 0 Å². The fourth-order valence-electron chi connectivity index (χ4n) is 1.72. The molecule has 0 atom stereocenters. The molecule has 0 aliphatic carbocycles. The summed E-state index contributed by atoms with van der Waals surface area (Å²) in [7, 11) is 4.16. The van der Waals surface area contributed by atoms with Gasteiger partial charge in [0, 0.05) is 25.8 Å². The van der Waals surface area contributed by atoms with Gasteiger partial charge in [0.25, 0.3) is 0 Å². The molecular weight excluding hydrogens is 212 g/mol. The van der Waals surface area contributed by atoms with Crippen molar-refractivity contribution < 1.29 is 0 Å². The van der Waals surface area contributed by atoms with Gasteiger partial charge >= 0.3 is 0 Å². The molecule has 0 amide bonds. The molecule has 96 valence electrons. The number of pyridine rings is 1. The number of anilines is 2. The van der Waals surface area contributed by atoms with E-state index in [2.05, 4.69) is 42.7 Å². The van der Waals surface area contributed by atoms with Gasteiger partial charge in [-0.2, -0.15) is 0 Å². The monoisotopic (exact) mass is 236 g/mol. The van der Waals surface area contributed by atoms with E-state index < -0.39 is 0 Å². The van der Waals surface area contributed by atoms with Gasteiger partial charge in [-0.1, -0.05) is 13.8 Å². The van der Waals surface area contributed by atoms with Gasteiger partial charge in [-0.25, -0.2) is 4.98 Å². The fourth-order valence-corrected chi connectivity index (χ4v) is 1.72. The first-order valence-electron chi connectivity index (χ1n) is 6.11. The maximum absolute atomic E-state index is 5.99. The Balaban J connectivity index is 2.78. The van der Waals surface area contributed by atoms with Crippen molar-refractivity contribution in [2.24, 2.45) is 5.92 Å². The van der Waals surface area contributed by atoms with Crippen LogP contribution < -0.4 is 10.6 Å². The summed E-state index contributed by atoms with van der Waals surface area (Å²) in [5, 5.41) is 0. The third-order valence-electron chi connectivity index (χ3n) is 2.52. The highest BCUT2D eigenvalue weighted by molar-refractivity contribution is 5.62. The number of nitrogens with zero attached hydrogens (tertiary/aromatic N) is 3. The topological polar surface area (TPSA) is 45.4 Å². The van der Waals surface area contributed by atoms with E-state index in [0.29, 0.717) is 5.92 Å². The largest absolute Gasteiger partial charge is 0.396 e. The van der Waals surface area contributed by atoms with E-state index in [1.54, 1.807) is 6.20 Å². The first-order chi connectivity index (χ1) is 8.00. The van der Waals surface area contributed by atoms with Crippen LogP contribution in [0, 0.1) is 5.92 Å². The molecule has 0 saturated carbocycles. The first kappa shape index (κ1) is 13.8. The third-order valence-corrected chi connectivity index (χ3v) is 2.52. The van der Waals surface area contributed by atoms with Crippen LogP contribution in [0.1, 0.15) is 13.8 Å². The molecule has 4 heteroatoms. The summed E-state index contributed by atoms with van der Waals surface area (Å²) in [6, 6.07) is 3.78. The van der Waals surface area contributed by atoms with Gasteiger partial charge in [-0.3, -0.25) is 0 Å². The van der Waals surface area contributed by atoms with E-state index in [0.717, 1.165) is 31.1 Å². The number of rotatable bonds is 6. The summed E-state index contributed by atoms with van der Waals surface area (Å²) in [4.78, 5) is 8.83. The van der Waals surface area contributed by atoms with Crippen molar-refractivity contribution in [1.82, 2.24) is 9.88 Å². The van der Waals surface area contributed by atoms with E-state index in [-0.39, 0.29) is 0 Å². The van der Waals surface area contributed by atoms with E-state index >= 15 is 0 Å². The van der Waals surface area contributed by atoms with Crippen molar-refractivity contribution in [2.45, 2.75) is 13.8 Å². The van der Waals surface area contributed by atoms with E-state index in [9.17, 15) is 0 Å². The van der Waals surface area contributed by atoms with Crippen LogP contribution in [0.3, 0.4) is 0 Å². The van der Waals surface area contributed by atoms with Crippen molar-refractivity contribution in [3.63, 3.8) is 0 Å². The van der Waals surface area contributed by atoms with Gasteiger partial charge in [-0.15, -0.1) is 0 Å². The van der Waals surface area contributed by atoms with Gasteiger partial charge < -0.3 is 15.5 Å². The Kier molecular flexibility index (Phi) is 5.22. The molecule has 0 spiro atoms. The van der Waals surface area contributed by atoms with Gasteiger partial charge in [0.05, 0.1) is 5.69 Å². The van der Waals surface area contributed by atoms with Crippen LogP contribution in [0.15, 0.2) is 18.3 Å². The maximum atomic E-state index is 5.99. The molecule has 4 nitrogen and oxygen atoms in total. The Labute approximate surface area is 104 Å². The van der Waals surface area contributed by atoms with E-state index in [1.807, 2.05) is 12.1 Å². The Morgan fingerprint density at radius 1 is 1.29 bits per heavy atom. The molecular formula is C13H24N4. The van der Waals surface area contributed by atoms with Gasteiger partial charge in [0.15, 0.2) is 5.82 Å². The van der Waals surface area contributed by atoms with Crippen LogP contribution in [-0.4, -0.2) is 43.6 Å². The molecule has 0 aromatic carbocycles. The van der Waals surface area contributed by atoms with Crippen LogP contribution in [0.4, 0.5) is 11.5 Å². The second kappa shape index (κ2) is 6.45. The SMILES string of the molecule is CC(C)CN(CCN(C)C)c1ncccc1N. The van der Waals surface area contributed by atoms with Gasteiger partial charge in [0.2, 0.25) is 0 Å². The zero-order valence-electron chi connectivity index (χ0n) is 11.3. The van der Waals surface area contributed by atoms with Crippen molar-refractivity contribution in [3.8, 4) is 0 Å². The Bertz CT molecular complexity index is 336. The molecule has 0 aliphatic heterocycles. The minimum absolute atomic E-state index is 0.596. The zero-order chi connectivity index (χ0) is 12.8. The lowest BCUT2D eigenvalue weighted by molar-refractivity contribution is 0.408. The normalized spacial score (nSPS) is 11.2.